The highest BCUT2D eigenvalue weighted by Gasteiger charge is 2.16. The molecule has 0 spiro atoms. The van der Waals surface area contributed by atoms with Crippen LogP contribution in [0.2, 0.25) is 0 Å². The van der Waals surface area contributed by atoms with Gasteiger partial charge in [0.2, 0.25) is 5.91 Å². The van der Waals surface area contributed by atoms with Crippen LogP contribution in [0.15, 0.2) is 40.2 Å². The number of anilines is 1. The summed E-state index contributed by atoms with van der Waals surface area (Å²) in [5.41, 5.74) is 0. The van der Waals surface area contributed by atoms with Crippen molar-refractivity contribution < 1.29 is 9.21 Å². The summed E-state index contributed by atoms with van der Waals surface area (Å²) in [7, 11) is 2.12. The quantitative estimate of drug-likeness (QED) is 0.622. The molecule has 0 aromatic carbocycles. The number of rotatable bonds is 6. The van der Waals surface area contributed by atoms with E-state index in [0.29, 0.717) is 11.7 Å². The van der Waals surface area contributed by atoms with Crippen molar-refractivity contribution >= 4 is 23.5 Å². The van der Waals surface area contributed by atoms with E-state index in [0.717, 1.165) is 37.8 Å². The average molecular weight is 347 g/mol. The van der Waals surface area contributed by atoms with Crippen molar-refractivity contribution in [3.63, 3.8) is 0 Å². The molecule has 0 saturated carbocycles. The molecule has 2 aromatic heterocycles. The zero-order valence-corrected chi connectivity index (χ0v) is 14.5. The summed E-state index contributed by atoms with van der Waals surface area (Å²) in [6.07, 6.45) is 3.34. The number of piperazine rings is 1. The number of carbonyl (C=O) groups excluding carboxylic acids is 1. The van der Waals surface area contributed by atoms with Gasteiger partial charge in [0.15, 0.2) is 5.16 Å². The molecule has 0 aliphatic carbocycles. The number of furan rings is 1. The molecule has 1 amide bonds. The fourth-order valence-corrected chi connectivity index (χ4v) is 3.05. The van der Waals surface area contributed by atoms with Gasteiger partial charge in [-0.3, -0.25) is 4.79 Å². The van der Waals surface area contributed by atoms with Crippen molar-refractivity contribution in [3.05, 3.63) is 36.4 Å². The lowest BCUT2D eigenvalue weighted by Crippen LogP contribution is -2.44. The molecule has 3 rings (SSSR count). The average Bonchev–Trinajstić information content (AvgIpc) is 3.13. The first-order valence-corrected chi connectivity index (χ1v) is 8.88. The van der Waals surface area contributed by atoms with Crippen molar-refractivity contribution in [3.8, 4) is 0 Å². The number of nitrogens with zero attached hydrogens (tertiary/aromatic N) is 4. The van der Waals surface area contributed by atoms with Crippen LogP contribution >= 0.6 is 11.8 Å². The van der Waals surface area contributed by atoms with Crippen LogP contribution in [-0.2, 0) is 11.3 Å². The number of thioether (sulfide) groups is 1. The Morgan fingerprint density at radius 2 is 2.17 bits per heavy atom. The number of hydrogen-bond donors (Lipinski definition) is 1. The van der Waals surface area contributed by atoms with Crippen molar-refractivity contribution in [2.45, 2.75) is 11.7 Å². The second-order valence-corrected chi connectivity index (χ2v) is 6.58. The van der Waals surface area contributed by atoms with Crippen LogP contribution in [0, 0.1) is 0 Å². The Hall–Kier alpha value is -2.06. The molecule has 0 bridgehead atoms. The summed E-state index contributed by atoms with van der Waals surface area (Å²) >= 11 is 1.34. The first-order chi connectivity index (χ1) is 11.7. The van der Waals surface area contributed by atoms with E-state index >= 15 is 0 Å². The van der Waals surface area contributed by atoms with Gasteiger partial charge in [0.25, 0.3) is 0 Å². The van der Waals surface area contributed by atoms with E-state index in [2.05, 4.69) is 32.1 Å². The zero-order valence-electron chi connectivity index (χ0n) is 13.6. The molecule has 1 aliphatic rings. The highest BCUT2D eigenvalue weighted by molar-refractivity contribution is 7.99. The first kappa shape index (κ1) is 16.8. The second kappa shape index (κ2) is 8.16. The van der Waals surface area contributed by atoms with Gasteiger partial charge in [-0.15, -0.1) is 0 Å². The number of aromatic nitrogens is 2. The van der Waals surface area contributed by atoms with E-state index in [4.69, 9.17) is 4.42 Å². The van der Waals surface area contributed by atoms with Crippen LogP contribution in [-0.4, -0.2) is 59.8 Å². The molecule has 3 heterocycles. The molecular formula is C16H21N5O2S. The van der Waals surface area contributed by atoms with E-state index in [1.165, 1.54) is 11.8 Å². The first-order valence-electron chi connectivity index (χ1n) is 7.89. The minimum atomic E-state index is -0.0648. The van der Waals surface area contributed by atoms with Gasteiger partial charge in [-0.1, -0.05) is 11.8 Å². The maximum atomic E-state index is 11.9. The number of hydrogen-bond acceptors (Lipinski definition) is 7. The maximum Gasteiger partial charge on any atom is 0.230 e. The van der Waals surface area contributed by atoms with Gasteiger partial charge in [0, 0.05) is 32.4 Å². The van der Waals surface area contributed by atoms with E-state index in [9.17, 15) is 4.79 Å². The topological polar surface area (TPSA) is 74.5 Å². The zero-order chi connectivity index (χ0) is 16.8. The van der Waals surface area contributed by atoms with Gasteiger partial charge in [0.1, 0.15) is 11.6 Å². The van der Waals surface area contributed by atoms with Gasteiger partial charge in [0.05, 0.1) is 18.6 Å². The smallest absolute Gasteiger partial charge is 0.230 e. The SMILES string of the molecule is CN1CCN(c2ccnc(SCC(=O)NCc3ccco3)n2)CC1. The summed E-state index contributed by atoms with van der Waals surface area (Å²) in [5, 5.41) is 3.44. The molecule has 1 N–H and O–H groups in total. The summed E-state index contributed by atoms with van der Waals surface area (Å²) in [5.74, 6) is 1.88. The van der Waals surface area contributed by atoms with Crippen molar-refractivity contribution in [1.82, 2.24) is 20.2 Å². The fourth-order valence-electron chi connectivity index (χ4n) is 2.39. The van der Waals surface area contributed by atoms with E-state index in [1.54, 1.807) is 18.5 Å². The Labute approximate surface area is 145 Å². The van der Waals surface area contributed by atoms with Crippen LogP contribution < -0.4 is 10.2 Å². The maximum absolute atomic E-state index is 11.9. The molecule has 7 nitrogen and oxygen atoms in total. The molecular weight excluding hydrogens is 326 g/mol. The number of amides is 1. The molecule has 1 fully saturated rings. The van der Waals surface area contributed by atoms with Crippen LogP contribution in [0.3, 0.4) is 0 Å². The minimum Gasteiger partial charge on any atom is -0.467 e. The molecule has 0 atom stereocenters. The fraction of sp³-hybridized carbons (Fsp3) is 0.438. The molecule has 0 radical (unpaired) electrons. The molecule has 128 valence electrons. The van der Waals surface area contributed by atoms with E-state index in [1.807, 2.05) is 12.1 Å². The lowest BCUT2D eigenvalue weighted by Gasteiger charge is -2.33. The van der Waals surface area contributed by atoms with Gasteiger partial charge < -0.3 is 19.5 Å². The summed E-state index contributed by atoms with van der Waals surface area (Å²) in [6.45, 7) is 4.38. The van der Waals surface area contributed by atoms with Crippen molar-refractivity contribution in [1.29, 1.82) is 0 Å². The third kappa shape index (κ3) is 4.72. The van der Waals surface area contributed by atoms with Gasteiger partial charge >= 0.3 is 0 Å². The van der Waals surface area contributed by atoms with Gasteiger partial charge in [-0.05, 0) is 25.2 Å². The predicted octanol–water partition coefficient (Wildman–Crippen LogP) is 1.23. The molecule has 8 heteroatoms. The highest BCUT2D eigenvalue weighted by atomic mass is 32.2. The lowest BCUT2D eigenvalue weighted by atomic mass is 10.3. The van der Waals surface area contributed by atoms with Crippen LogP contribution in [0.4, 0.5) is 5.82 Å². The highest BCUT2D eigenvalue weighted by Crippen LogP contribution is 2.18. The third-order valence-electron chi connectivity index (χ3n) is 3.82. The lowest BCUT2D eigenvalue weighted by molar-refractivity contribution is -0.118. The van der Waals surface area contributed by atoms with Crippen LogP contribution in [0.5, 0.6) is 0 Å². The second-order valence-electron chi connectivity index (χ2n) is 5.63. The van der Waals surface area contributed by atoms with Gasteiger partial charge in [-0.25, -0.2) is 9.97 Å². The summed E-state index contributed by atoms with van der Waals surface area (Å²) in [6, 6.07) is 5.55. The van der Waals surface area contributed by atoms with Gasteiger partial charge in [-0.2, -0.15) is 0 Å². The molecule has 24 heavy (non-hydrogen) atoms. The predicted molar refractivity (Wildman–Crippen MR) is 93.0 cm³/mol. The Kier molecular flexibility index (Phi) is 5.71. The largest absolute Gasteiger partial charge is 0.467 e. The van der Waals surface area contributed by atoms with Crippen molar-refractivity contribution in [2.75, 3.05) is 43.9 Å². The Morgan fingerprint density at radius 3 is 2.92 bits per heavy atom. The monoisotopic (exact) mass is 347 g/mol. The molecule has 1 saturated heterocycles. The van der Waals surface area contributed by atoms with E-state index in [-0.39, 0.29) is 11.7 Å². The minimum absolute atomic E-state index is 0.0648. The molecule has 0 unspecified atom stereocenters. The molecule has 2 aromatic rings. The number of nitrogens with one attached hydrogen (secondary N) is 1. The normalized spacial score (nSPS) is 15.5. The van der Waals surface area contributed by atoms with E-state index < -0.39 is 0 Å². The Bertz CT molecular complexity index is 656. The Balaban J connectivity index is 1.48. The third-order valence-corrected chi connectivity index (χ3v) is 4.68. The number of likely N-dealkylation sites (N-methyl/N-ethyl adjacent to an activating group) is 1. The summed E-state index contributed by atoms with van der Waals surface area (Å²) < 4.78 is 5.18. The molecule has 1 aliphatic heterocycles. The van der Waals surface area contributed by atoms with Crippen LogP contribution in [0.25, 0.3) is 0 Å². The van der Waals surface area contributed by atoms with Crippen LogP contribution in [0.1, 0.15) is 5.76 Å². The van der Waals surface area contributed by atoms with Crippen molar-refractivity contribution in [2.24, 2.45) is 0 Å². The Morgan fingerprint density at radius 1 is 1.33 bits per heavy atom. The number of carbonyl (C=O) groups is 1. The standard InChI is InChI=1S/C16H21N5O2S/c1-20-6-8-21(9-7-20)14-4-5-17-16(19-14)24-12-15(22)18-11-13-3-2-10-23-13/h2-5,10H,6-9,11-12H2,1H3,(H,18,22). The summed E-state index contributed by atoms with van der Waals surface area (Å²) in [4.78, 5) is 25.3.